The molecule has 66 valence electrons. The molecule has 1 atom stereocenters. The SMILES string of the molecule is N[C@H]1CCn2c1cc1cccnc12. The third-order valence-electron chi connectivity index (χ3n) is 2.73. The lowest BCUT2D eigenvalue weighted by Crippen LogP contribution is -2.04. The Balaban J connectivity index is 2.38. The molecule has 2 N–H and O–H groups in total. The van der Waals surface area contributed by atoms with Gasteiger partial charge in [0.2, 0.25) is 0 Å². The van der Waals surface area contributed by atoms with Gasteiger partial charge >= 0.3 is 0 Å². The average Bonchev–Trinajstić information content (AvgIpc) is 2.67. The maximum atomic E-state index is 5.96. The summed E-state index contributed by atoms with van der Waals surface area (Å²) < 4.78 is 2.22. The highest BCUT2D eigenvalue weighted by Crippen LogP contribution is 2.29. The molecule has 1 aliphatic heterocycles. The molecular formula is C10H11N3. The summed E-state index contributed by atoms with van der Waals surface area (Å²) >= 11 is 0. The number of aryl methyl sites for hydroxylation is 1. The van der Waals surface area contributed by atoms with Crippen molar-refractivity contribution in [2.45, 2.75) is 19.0 Å². The lowest BCUT2D eigenvalue weighted by atomic mass is 10.2. The molecule has 0 aliphatic carbocycles. The third kappa shape index (κ3) is 0.848. The van der Waals surface area contributed by atoms with Crippen LogP contribution in [-0.2, 0) is 6.54 Å². The number of hydrogen-bond donors (Lipinski definition) is 1. The van der Waals surface area contributed by atoms with Crippen molar-refractivity contribution in [3.63, 3.8) is 0 Å². The van der Waals surface area contributed by atoms with E-state index in [1.54, 1.807) is 0 Å². The van der Waals surface area contributed by atoms with Crippen molar-refractivity contribution in [3.05, 3.63) is 30.1 Å². The highest BCUT2D eigenvalue weighted by atomic mass is 15.1. The number of aromatic nitrogens is 2. The minimum atomic E-state index is 0.203. The van der Waals surface area contributed by atoms with Gasteiger partial charge in [-0.1, -0.05) is 0 Å². The van der Waals surface area contributed by atoms with Crippen molar-refractivity contribution in [1.29, 1.82) is 0 Å². The molecule has 0 unspecified atom stereocenters. The molecule has 3 heteroatoms. The van der Waals surface area contributed by atoms with Crippen LogP contribution in [0, 0.1) is 0 Å². The van der Waals surface area contributed by atoms with Gasteiger partial charge in [0.15, 0.2) is 0 Å². The largest absolute Gasteiger partial charge is 0.328 e. The van der Waals surface area contributed by atoms with Gasteiger partial charge in [0, 0.05) is 29.9 Å². The standard InChI is InChI=1S/C10H11N3/c11-8-3-5-13-9(8)6-7-2-1-4-12-10(7)13/h1-2,4,6,8H,3,5,11H2/t8-/m0/s1. The first-order valence-corrected chi connectivity index (χ1v) is 4.56. The lowest BCUT2D eigenvalue weighted by molar-refractivity contribution is 0.689. The fraction of sp³-hybridized carbons (Fsp3) is 0.300. The Labute approximate surface area is 76.2 Å². The Bertz CT molecular complexity index is 458. The molecule has 0 amide bonds. The molecule has 3 heterocycles. The van der Waals surface area contributed by atoms with Crippen LogP contribution in [0.15, 0.2) is 24.4 Å². The second-order valence-electron chi connectivity index (χ2n) is 3.53. The summed E-state index contributed by atoms with van der Waals surface area (Å²) in [6.45, 7) is 1.01. The predicted molar refractivity (Wildman–Crippen MR) is 51.3 cm³/mol. The first-order chi connectivity index (χ1) is 6.36. The summed E-state index contributed by atoms with van der Waals surface area (Å²) in [6, 6.07) is 6.40. The van der Waals surface area contributed by atoms with Crippen LogP contribution in [0.25, 0.3) is 11.0 Å². The third-order valence-corrected chi connectivity index (χ3v) is 2.73. The number of pyridine rings is 1. The highest BCUT2D eigenvalue weighted by molar-refractivity contribution is 5.77. The normalized spacial score (nSPS) is 20.8. The van der Waals surface area contributed by atoms with Crippen molar-refractivity contribution in [2.24, 2.45) is 5.73 Å². The van der Waals surface area contributed by atoms with Gasteiger partial charge in [0.25, 0.3) is 0 Å². The van der Waals surface area contributed by atoms with Crippen LogP contribution in [0.4, 0.5) is 0 Å². The number of fused-ring (bicyclic) bond motifs is 3. The monoisotopic (exact) mass is 173 g/mol. The van der Waals surface area contributed by atoms with Crippen LogP contribution < -0.4 is 5.73 Å². The molecule has 3 rings (SSSR count). The Hall–Kier alpha value is -1.35. The number of nitrogens with zero attached hydrogens (tertiary/aromatic N) is 2. The summed E-state index contributed by atoms with van der Waals surface area (Å²) in [5.74, 6) is 0. The van der Waals surface area contributed by atoms with E-state index >= 15 is 0 Å². The maximum Gasteiger partial charge on any atom is 0.140 e. The van der Waals surface area contributed by atoms with Crippen LogP contribution in [0.5, 0.6) is 0 Å². The minimum absolute atomic E-state index is 0.203. The van der Waals surface area contributed by atoms with Crippen LogP contribution in [0.2, 0.25) is 0 Å². The van der Waals surface area contributed by atoms with Crippen molar-refractivity contribution in [3.8, 4) is 0 Å². The van der Waals surface area contributed by atoms with Crippen molar-refractivity contribution >= 4 is 11.0 Å². The molecule has 2 aromatic rings. The van der Waals surface area contributed by atoms with Gasteiger partial charge in [-0.2, -0.15) is 0 Å². The number of nitrogens with two attached hydrogens (primary N) is 1. The molecule has 13 heavy (non-hydrogen) atoms. The predicted octanol–water partition coefficient (Wildman–Crippen LogP) is 1.44. The summed E-state index contributed by atoms with van der Waals surface area (Å²) in [5.41, 5.74) is 8.27. The Morgan fingerprint density at radius 1 is 1.54 bits per heavy atom. The molecule has 0 saturated heterocycles. The van der Waals surface area contributed by atoms with Crippen molar-refractivity contribution < 1.29 is 0 Å². The Morgan fingerprint density at radius 3 is 3.38 bits per heavy atom. The Morgan fingerprint density at radius 2 is 2.46 bits per heavy atom. The highest BCUT2D eigenvalue weighted by Gasteiger charge is 2.21. The number of hydrogen-bond acceptors (Lipinski definition) is 2. The zero-order valence-corrected chi connectivity index (χ0v) is 7.27. The molecule has 3 nitrogen and oxygen atoms in total. The average molecular weight is 173 g/mol. The zero-order valence-electron chi connectivity index (χ0n) is 7.27. The minimum Gasteiger partial charge on any atom is -0.328 e. The van der Waals surface area contributed by atoms with E-state index in [0.717, 1.165) is 18.6 Å². The van der Waals surface area contributed by atoms with E-state index in [1.165, 1.54) is 11.1 Å². The van der Waals surface area contributed by atoms with Crippen LogP contribution in [0.3, 0.4) is 0 Å². The van der Waals surface area contributed by atoms with Crippen molar-refractivity contribution in [2.75, 3.05) is 0 Å². The van der Waals surface area contributed by atoms with E-state index in [4.69, 9.17) is 5.73 Å². The van der Waals surface area contributed by atoms with E-state index in [9.17, 15) is 0 Å². The topological polar surface area (TPSA) is 43.8 Å². The zero-order chi connectivity index (χ0) is 8.84. The van der Waals surface area contributed by atoms with Gasteiger partial charge in [0.05, 0.1) is 0 Å². The van der Waals surface area contributed by atoms with E-state index in [0.29, 0.717) is 0 Å². The van der Waals surface area contributed by atoms with Gasteiger partial charge in [-0.3, -0.25) is 0 Å². The summed E-state index contributed by atoms with van der Waals surface area (Å²) in [4.78, 5) is 4.35. The van der Waals surface area contributed by atoms with E-state index in [-0.39, 0.29) is 6.04 Å². The smallest absolute Gasteiger partial charge is 0.140 e. The van der Waals surface area contributed by atoms with E-state index < -0.39 is 0 Å². The molecule has 0 spiro atoms. The second-order valence-corrected chi connectivity index (χ2v) is 3.53. The molecule has 0 saturated carbocycles. The molecule has 1 aliphatic rings. The van der Waals surface area contributed by atoms with Gasteiger partial charge in [-0.05, 0) is 24.6 Å². The maximum absolute atomic E-state index is 5.96. The quantitative estimate of drug-likeness (QED) is 0.655. The molecule has 0 fully saturated rings. The molecule has 0 aromatic carbocycles. The summed E-state index contributed by atoms with van der Waals surface area (Å²) in [5, 5.41) is 1.20. The van der Waals surface area contributed by atoms with Crippen molar-refractivity contribution in [1.82, 2.24) is 9.55 Å². The number of rotatable bonds is 0. The second kappa shape index (κ2) is 2.33. The van der Waals surface area contributed by atoms with E-state index in [1.807, 2.05) is 12.3 Å². The first kappa shape index (κ1) is 7.09. The first-order valence-electron chi connectivity index (χ1n) is 4.56. The van der Waals surface area contributed by atoms with Gasteiger partial charge < -0.3 is 10.3 Å². The van der Waals surface area contributed by atoms with Crippen LogP contribution in [-0.4, -0.2) is 9.55 Å². The van der Waals surface area contributed by atoms with Crippen LogP contribution >= 0.6 is 0 Å². The fourth-order valence-corrected chi connectivity index (χ4v) is 2.07. The molecule has 0 bridgehead atoms. The van der Waals surface area contributed by atoms with Gasteiger partial charge in [-0.15, -0.1) is 0 Å². The summed E-state index contributed by atoms with van der Waals surface area (Å²) in [7, 11) is 0. The fourth-order valence-electron chi connectivity index (χ4n) is 2.07. The summed E-state index contributed by atoms with van der Waals surface area (Å²) in [6.07, 6.45) is 2.88. The van der Waals surface area contributed by atoms with Gasteiger partial charge in [0.1, 0.15) is 5.65 Å². The van der Waals surface area contributed by atoms with E-state index in [2.05, 4.69) is 21.7 Å². The van der Waals surface area contributed by atoms with Crippen LogP contribution in [0.1, 0.15) is 18.2 Å². The molecular weight excluding hydrogens is 162 g/mol. The Kier molecular flexibility index (Phi) is 1.27. The molecule has 2 aromatic heterocycles. The lowest BCUT2D eigenvalue weighted by Gasteiger charge is -1.98. The van der Waals surface area contributed by atoms with Gasteiger partial charge in [-0.25, -0.2) is 4.98 Å². The molecule has 0 radical (unpaired) electrons.